The van der Waals surface area contributed by atoms with Crippen LogP contribution in [0.25, 0.3) is 0 Å². The third-order valence-electron chi connectivity index (χ3n) is 2.16. The van der Waals surface area contributed by atoms with E-state index in [4.69, 9.17) is 11.0 Å². The van der Waals surface area contributed by atoms with Crippen LogP contribution in [0.3, 0.4) is 0 Å². The smallest absolute Gasteiger partial charge is 0.253 e. The van der Waals surface area contributed by atoms with Crippen LogP contribution in [0.2, 0.25) is 0 Å². The maximum Gasteiger partial charge on any atom is 0.253 e. The van der Waals surface area contributed by atoms with Gasteiger partial charge in [0.1, 0.15) is 0 Å². The molecule has 1 aliphatic rings. The summed E-state index contributed by atoms with van der Waals surface area (Å²) < 4.78 is -0.0645. The first kappa shape index (κ1) is 11.1. The number of benzene rings is 1. The highest BCUT2D eigenvalue weighted by molar-refractivity contribution is 8.40. The number of carbonyl (C=O) groups is 1. The van der Waals surface area contributed by atoms with E-state index in [0.717, 1.165) is 29.1 Å². The first-order valence-corrected chi connectivity index (χ1v) is 6.25. The fraction of sp³-hybridized carbons (Fsp3) is 0.0909. The third kappa shape index (κ3) is 2.08. The molecule has 0 aliphatic carbocycles. The first-order valence-electron chi connectivity index (χ1n) is 4.55. The highest BCUT2D eigenvalue weighted by Crippen LogP contribution is 2.46. The summed E-state index contributed by atoms with van der Waals surface area (Å²) in [6.45, 7) is 0. The minimum absolute atomic E-state index is 0.0645. The van der Waals surface area contributed by atoms with E-state index in [1.54, 1.807) is 0 Å². The van der Waals surface area contributed by atoms with Gasteiger partial charge in [-0.2, -0.15) is 5.26 Å². The Hall–Kier alpha value is -1.38. The van der Waals surface area contributed by atoms with Crippen LogP contribution in [0, 0.1) is 11.3 Å². The quantitative estimate of drug-likeness (QED) is 0.827. The van der Waals surface area contributed by atoms with Crippen LogP contribution in [-0.4, -0.2) is 4.45 Å². The van der Waals surface area contributed by atoms with Gasteiger partial charge in [-0.15, -0.1) is 0 Å². The highest BCUT2D eigenvalue weighted by atomic mass is 32.2. The summed E-state index contributed by atoms with van der Waals surface area (Å²) in [5, 5.41) is 9.11. The summed E-state index contributed by atoms with van der Waals surface area (Å²) in [5.74, 6) is 0. The lowest BCUT2D eigenvalue weighted by Crippen LogP contribution is -2.11. The molecule has 1 aromatic rings. The van der Waals surface area contributed by atoms with Crippen LogP contribution in [-0.2, 0) is 0 Å². The minimum atomic E-state index is -0.264. The normalized spacial score (nSPS) is 20.7. The maximum absolute atomic E-state index is 11.4. The summed E-state index contributed by atoms with van der Waals surface area (Å²) >= 11 is 2.07. The van der Waals surface area contributed by atoms with Gasteiger partial charge in [-0.3, -0.25) is 4.79 Å². The van der Waals surface area contributed by atoms with Gasteiger partial charge in [0.25, 0.3) is 4.45 Å². The van der Waals surface area contributed by atoms with Crippen LogP contribution in [0.15, 0.2) is 40.9 Å². The Morgan fingerprint density at radius 3 is 2.62 bits per heavy atom. The van der Waals surface area contributed by atoms with Crippen molar-refractivity contribution < 1.29 is 4.79 Å². The Kier molecular flexibility index (Phi) is 3.22. The molecule has 0 saturated carbocycles. The number of nitriles is 1. The average molecular weight is 248 g/mol. The number of nitrogens with two attached hydrogens (primary N) is 1. The van der Waals surface area contributed by atoms with Gasteiger partial charge in [0.15, 0.2) is 0 Å². The fourth-order valence-corrected chi connectivity index (χ4v) is 3.49. The van der Waals surface area contributed by atoms with Crippen LogP contribution >= 0.6 is 23.5 Å². The van der Waals surface area contributed by atoms with Gasteiger partial charge in [0, 0.05) is 0 Å². The van der Waals surface area contributed by atoms with Gasteiger partial charge in [-0.25, -0.2) is 0 Å². The molecule has 16 heavy (non-hydrogen) atoms. The van der Waals surface area contributed by atoms with Crippen LogP contribution in [0.4, 0.5) is 4.79 Å². The van der Waals surface area contributed by atoms with Crippen molar-refractivity contribution >= 4 is 28.0 Å². The van der Waals surface area contributed by atoms with E-state index < -0.39 is 0 Å². The van der Waals surface area contributed by atoms with Crippen LogP contribution in [0.1, 0.15) is 10.8 Å². The lowest BCUT2D eigenvalue weighted by molar-refractivity contribution is 0.276. The molecule has 2 rings (SSSR count). The van der Waals surface area contributed by atoms with E-state index in [-0.39, 0.29) is 9.70 Å². The van der Waals surface area contributed by atoms with Crippen molar-refractivity contribution in [3.63, 3.8) is 0 Å². The maximum atomic E-state index is 11.4. The molecule has 1 aliphatic heterocycles. The van der Waals surface area contributed by atoms with Crippen molar-refractivity contribution in [2.45, 2.75) is 5.25 Å². The molecule has 0 spiro atoms. The number of hydrogen-bond acceptors (Lipinski definition) is 5. The molecule has 5 heteroatoms. The van der Waals surface area contributed by atoms with E-state index in [0.29, 0.717) is 10.6 Å². The molecule has 2 N–H and O–H groups in total. The number of carbonyl (C=O) groups excluding carboxylic acids is 1. The van der Waals surface area contributed by atoms with Gasteiger partial charge in [-0.1, -0.05) is 42.1 Å². The summed E-state index contributed by atoms with van der Waals surface area (Å²) in [7, 11) is 0. The lowest BCUT2D eigenvalue weighted by Gasteiger charge is -2.20. The second kappa shape index (κ2) is 4.64. The lowest BCUT2D eigenvalue weighted by atomic mass is 10.1. The van der Waals surface area contributed by atoms with Crippen molar-refractivity contribution in [3.05, 3.63) is 46.5 Å². The second-order valence-corrected chi connectivity index (χ2v) is 5.50. The number of rotatable bonds is 1. The van der Waals surface area contributed by atoms with Gasteiger partial charge in [-0.05, 0) is 17.3 Å². The molecule has 1 atom stereocenters. The molecule has 0 bridgehead atoms. The molecule has 0 saturated heterocycles. The molecule has 1 heterocycles. The van der Waals surface area contributed by atoms with Crippen molar-refractivity contribution in [1.82, 2.24) is 0 Å². The standard InChI is InChI=1S/C11H8N2OS2/c12-6-8-9(7-4-2-1-3-5-7)15-11(14)16-10(8)13/h1-5,9H,13H2. The number of thioether (sulfide) groups is 2. The fourth-order valence-electron chi connectivity index (χ4n) is 1.43. The summed E-state index contributed by atoms with van der Waals surface area (Å²) in [6, 6.07) is 11.5. The van der Waals surface area contributed by atoms with Crippen molar-refractivity contribution in [3.8, 4) is 6.07 Å². The summed E-state index contributed by atoms with van der Waals surface area (Å²) in [4.78, 5) is 11.4. The molecular formula is C11H8N2OS2. The van der Waals surface area contributed by atoms with Gasteiger partial charge >= 0.3 is 0 Å². The van der Waals surface area contributed by atoms with Gasteiger partial charge in [0.2, 0.25) is 0 Å². The third-order valence-corrected chi connectivity index (χ3v) is 4.24. The van der Waals surface area contributed by atoms with Crippen molar-refractivity contribution in [1.29, 1.82) is 5.26 Å². The Morgan fingerprint density at radius 2 is 2.00 bits per heavy atom. The zero-order valence-corrected chi connectivity index (χ0v) is 9.85. The highest BCUT2D eigenvalue weighted by Gasteiger charge is 2.29. The Labute approximate surface area is 102 Å². The van der Waals surface area contributed by atoms with Crippen molar-refractivity contribution in [2.24, 2.45) is 5.73 Å². The molecule has 1 unspecified atom stereocenters. The van der Waals surface area contributed by atoms with E-state index in [1.807, 2.05) is 30.3 Å². The molecule has 3 nitrogen and oxygen atoms in total. The van der Waals surface area contributed by atoms with Crippen LogP contribution in [0.5, 0.6) is 0 Å². The Morgan fingerprint density at radius 1 is 1.31 bits per heavy atom. The van der Waals surface area contributed by atoms with Crippen LogP contribution < -0.4 is 5.73 Å². The van der Waals surface area contributed by atoms with E-state index in [1.165, 1.54) is 0 Å². The molecule has 0 aromatic heterocycles. The van der Waals surface area contributed by atoms with E-state index in [9.17, 15) is 4.79 Å². The molecule has 1 aromatic carbocycles. The molecule has 0 fully saturated rings. The van der Waals surface area contributed by atoms with E-state index in [2.05, 4.69) is 6.07 Å². The predicted octanol–water partition coefficient (Wildman–Crippen LogP) is 3.02. The molecule has 0 radical (unpaired) electrons. The largest absolute Gasteiger partial charge is 0.392 e. The van der Waals surface area contributed by atoms with Crippen molar-refractivity contribution in [2.75, 3.05) is 0 Å². The monoisotopic (exact) mass is 248 g/mol. The van der Waals surface area contributed by atoms with Gasteiger partial charge < -0.3 is 5.73 Å². The molecule has 0 amide bonds. The van der Waals surface area contributed by atoms with Gasteiger partial charge in [0.05, 0.1) is 21.9 Å². The van der Waals surface area contributed by atoms with E-state index >= 15 is 0 Å². The molecule has 80 valence electrons. The Balaban J connectivity index is 2.45. The summed E-state index contributed by atoms with van der Waals surface area (Å²) in [6.07, 6.45) is 0. The zero-order valence-electron chi connectivity index (χ0n) is 8.21. The minimum Gasteiger partial charge on any atom is -0.392 e. The topological polar surface area (TPSA) is 66.9 Å². The molecular weight excluding hydrogens is 240 g/mol. The average Bonchev–Trinajstić information content (AvgIpc) is 2.29. The SMILES string of the molecule is N#CC1=C(N)SC(=O)SC1c1ccccc1. The Bertz CT molecular complexity index is 490. The first-order chi connectivity index (χ1) is 7.72. The number of hydrogen-bond donors (Lipinski definition) is 1. The zero-order chi connectivity index (χ0) is 11.5. The summed E-state index contributed by atoms with van der Waals surface area (Å²) in [5.41, 5.74) is 7.10. The predicted molar refractivity (Wildman–Crippen MR) is 66.6 cm³/mol. The second-order valence-electron chi connectivity index (χ2n) is 3.15. The number of nitrogens with zero attached hydrogens (tertiary/aromatic N) is 1.